The van der Waals surface area contributed by atoms with Gasteiger partial charge in [0.1, 0.15) is 6.61 Å². The maximum Gasteiger partial charge on any atom is 0.411 e. The van der Waals surface area contributed by atoms with Crippen molar-refractivity contribution in [1.82, 2.24) is 4.90 Å². The maximum absolute atomic E-state index is 12.7. The number of morpholine rings is 1. The average Bonchev–Trinajstić information content (AvgIpc) is 2.66. The van der Waals surface area contributed by atoms with Gasteiger partial charge in [-0.15, -0.1) is 0 Å². The van der Waals surface area contributed by atoms with Crippen LogP contribution in [-0.2, 0) is 16.1 Å². The molecule has 4 nitrogen and oxygen atoms in total. The third-order valence-corrected chi connectivity index (χ3v) is 5.44. The van der Waals surface area contributed by atoms with Crippen molar-refractivity contribution in [1.29, 1.82) is 0 Å². The summed E-state index contributed by atoms with van der Waals surface area (Å²) in [5.41, 5.74) is 3.03. The lowest BCUT2D eigenvalue weighted by molar-refractivity contribution is -0.0342. The molecule has 0 saturated carbocycles. The van der Waals surface area contributed by atoms with E-state index in [0.29, 0.717) is 29.7 Å². The second-order valence-electron chi connectivity index (χ2n) is 6.73. The van der Waals surface area contributed by atoms with E-state index >= 15 is 0 Å². The van der Waals surface area contributed by atoms with Crippen LogP contribution in [0.25, 0.3) is 5.57 Å². The van der Waals surface area contributed by atoms with Gasteiger partial charge < -0.3 is 9.47 Å². The fourth-order valence-corrected chi connectivity index (χ4v) is 4.15. The fraction of sp³-hybridized carbons (Fsp3) is 0.286. The number of rotatable bonds is 3. The number of amides is 1. The average molecular weight is 404 g/mol. The Balaban J connectivity index is 1.52. The Morgan fingerprint density at radius 1 is 1.15 bits per heavy atom. The summed E-state index contributed by atoms with van der Waals surface area (Å²) in [7, 11) is 0. The van der Waals surface area contributed by atoms with E-state index < -0.39 is 0 Å². The van der Waals surface area contributed by atoms with Crippen molar-refractivity contribution in [2.75, 3.05) is 13.2 Å². The van der Waals surface area contributed by atoms with E-state index in [-0.39, 0.29) is 24.8 Å². The summed E-state index contributed by atoms with van der Waals surface area (Å²) >= 11 is 12.4. The summed E-state index contributed by atoms with van der Waals surface area (Å²) in [6, 6.07) is 14.9. The molecule has 2 aliphatic heterocycles. The third-order valence-electron chi connectivity index (χ3n) is 4.89. The molecule has 0 aromatic heterocycles. The maximum atomic E-state index is 12.7. The summed E-state index contributed by atoms with van der Waals surface area (Å²) in [6.07, 6.45) is 2.40. The predicted octanol–water partition coefficient (Wildman–Crippen LogP) is 5.19. The summed E-state index contributed by atoms with van der Waals surface area (Å²) in [5.74, 6) is 0. The molecular formula is C21H19Cl2NO3. The van der Waals surface area contributed by atoms with Crippen LogP contribution in [0.2, 0.25) is 10.0 Å². The minimum atomic E-state index is -0.311. The van der Waals surface area contributed by atoms with Gasteiger partial charge >= 0.3 is 6.09 Å². The topological polar surface area (TPSA) is 38.8 Å². The van der Waals surface area contributed by atoms with Crippen LogP contribution in [0.3, 0.4) is 0 Å². The molecular weight excluding hydrogens is 385 g/mol. The highest BCUT2D eigenvalue weighted by molar-refractivity contribution is 6.35. The number of ether oxygens (including phenoxy) is 2. The number of hydrogen-bond donors (Lipinski definition) is 0. The van der Waals surface area contributed by atoms with Crippen molar-refractivity contribution in [3.05, 3.63) is 75.8 Å². The molecule has 27 heavy (non-hydrogen) atoms. The van der Waals surface area contributed by atoms with Gasteiger partial charge in [-0.2, -0.15) is 0 Å². The van der Waals surface area contributed by atoms with Gasteiger partial charge in [0.15, 0.2) is 0 Å². The molecule has 2 atom stereocenters. The summed E-state index contributed by atoms with van der Waals surface area (Å²) in [4.78, 5) is 14.5. The molecule has 2 unspecified atom stereocenters. The molecule has 0 aliphatic carbocycles. The van der Waals surface area contributed by atoms with Gasteiger partial charge in [-0.3, -0.25) is 4.90 Å². The highest BCUT2D eigenvalue weighted by atomic mass is 35.5. The van der Waals surface area contributed by atoms with Gasteiger partial charge in [0.2, 0.25) is 0 Å². The minimum Gasteiger partial charge on any atom is -0.445 e. The van der Waals surface area contributed by atoms with Crippen LogP contribution in [0.4, 0.5) is 4.79 Å². The lowest BCUT2D eigenvalue weighted by atomic mass is 9.90. The zero-order chi connectivity index (χ0) is 18.8. The molecule has 2 aromatic carbocycles. The van der Waals surface area contributed by atoms with Crippen molar-refractivity contribution in [3.63, 3.8) is 0 Å². The van der Waals surface area contributed by atoms with Crippen LogP contribution in [0.5, 0.6) is 0 Å². The van der Waals surface area contributed by atoms with Gasteiger partial charge in [0, 0.05) is 10.0 Å². The molecule has 2 aromatic rings. The van der Waals surface area contributed by atoms with Crippen LogP contribution in [0.15, 0.2) is 54.6 Å². The number of carbonyl (C=O) groups excluding carboxylic acids is 1. The Labute approximate surface area is 168 Å². The second-order valence-corrected chi connectivity index (χ2v) is 7.57. The summed E-state index contributed by atoms with van der Waals surface area (Å²) in [5, 5.41) is 1.22. The van der Waals surface area contributed by atoms with Gasteiger partial charge in [0.25, 0.3) is 0 Å². The molecule has 2 aliphatic rings. The van der Waals surface area contributed by atoms with Gasteiger partial charge in [0.05, 0.1) is 25.3 Å². The zero-order valence-corrected chi connectivity index (χ0v) is 16.1. The van der Waals surface area contributed by atoms with Crippen molar-refractivity contribution in [3.8, 4) is 0 Å². The van der Waals surface area contributed by atoms with E-state index in [1.807, 2.05) is 42.5 Å². The number of fused-ring (bicyclic) bond motifs is 2. The second kappa shape index (κ2) is 7.93. The first kappa shape index (κ1) is 18.4. The van der Waals surface area contributed by atoms with E-state index in [1.54, 1.807) is 11.0 Å². The molecule has 1 saturated heterocycles. The molecule has 0 radical (unpaired) electrons. The first-order chi connectivity index (χ1) is 13.1. The van der Waals surface area contributed by atoms with Gasteiger partial charge in [-0.25, -0.2) is 4.79 Å². The van der Waals surface area contributed by atoms with Crippen LogP contribution in [0.1, 0.15) is 17.5 Å². The normalized spacial score (nSPS) is 21.6. The quantitative estimate of drug-likeness (QED) is 0.707. The Kier molecular flexibility index (Phi) is 5.39. The SMILES string of the molecule is O=C(OCc1ccccc1)N1C2C=C(c3ccc(Cl)cc3Cl)CC1COC2. The summed E-state index contributed by atoms with van der Waals surface area (Å²) in [6.45, 7) is 1.20. The lowest BCUT2D eigenvalue weighted by Gasteiger charge is -2.43. The molecule has 2 heterocycles. The van der Waals surface area contributed by atoms with Gasteiger partial charge in [-0.05, 0) is 35.3 Å². The number of nitrogens with zero attached hydrogens (tertiary/aromatic N) is 1. The fourth-order valence-electron chi connectivity index (χ4n) is 3.62. The van der Waals surface area contributed by atoms with E-state index in [2.05, 4.69) is 6.08 Å². The first-order valence-corrected chi connectivity index (χ1v) is 9.60. The molecule has 4 rings (SSSR count). The Morgan fingerprint density at radius 2 is 1.96 bits per heavy atom. The van der Waals surface area contributed by atoms with Crippen molar-refractivity contribution < 1.29 is 14.3 Å². The van der Waals surface area contributed by atoms with E-state index in [1.165, 1.54) is 0 Å². The lowest BCUT2D eigenvalue weighted by Crippen LogP contribution is -2.56. The molecule has 1 amide bonds. The molecule has 140 valence electrons. The predicted molar refractivity (Wildman–Crippen MR) is 106 cm³/mol. The Bertz CT molecular complexity index is 869. The van der Waals surface area contributed by atoms with Crippen LogP contribution >= 0.6 is 23.2 Å². The Morgan fingerprint density at radius 3 is 2.70 bits per heavy atom. The van der Waals surface area contributed by atoms with Crippen molar-refractivity contribution in [2.24, 2.45) is 0 Å². The van der Waals surface area contributed by atoms with E-state index in [9.17, 15) is 4.79 Å². The molecule has 6 heteroatoms. The van der Waals surface area contributed by atoms with E-state index in [0.717, 1.165) is 16.7 Å². The van der Waals surface area contributed by atoms with Crippen LogP contribution in [-0.4, -0.2) is 36.3 Å². The number of carbonyl (C=O) groups is 1. The van der Waals surface area contributed by atoms with Crippen LogP contribution in [0, 0.1) is 0 Å². The molecule has 0 N–H and O–H groups in total. The third kappa shape index (κ3) is 3.98. The number of benzene rings is 2. The van der Waals surface area contributed by atoms with Crippen molar-refractivity contribution >= 4 is 34.9 Å². The molecule has 1 fully saturated rings. The first-order valence-electron chi connectivity index (χ1n) is 8.84. The van der Waals surface area contributed by atoms with Crippen molar-refractivity contribution in [2.45, 2.75) is 25.1 Å². The number of hydrogen-bond acceptors (Lipinski definition) is 3. The zero-order valence-electron chi connectivity index (χ0n) is 14.6. The van der Waals surface area contributed by atoms with Crippen LogP contribution < -0.4 is 0 Å². The molecule has 0 spiro atoms. The minimum absolute atomic E-state index is 0.0706. The smallest absolute Gasteiger partial charge is 0.411 e. The largest absolute Gasteiger partial charge is 0.445 e. The van der Waals surface area contributed by atoms with E-state index in [4.69, 9.17) is 32.7 Å². The highest BCUT2D eigenvalue weighted by Crippen LogP contribution is 2.36. The highest BCUT2D eigenvalue weighted by Gasteiger charge is 2.39. The van der Waals surface area contributed by atoms with Gasteiger partial charge in [-0.1, -0.05) is 65.7 Å². The Hall–Kier alpha value is -2.01. The summed E-state index contributed by atoms with van der Waals surface area (Å²) < 4.78 is 11.2. The monoisotopic (exact) mass is 403 g/mol. The number of halogens is 2. The molecule has 2 bridgehead atoms. The standard InChI is InChI=1S/C21H19Cl2NO3/c22-16-6-7-19(20(23)10-16)15-8-17-12-26-13-18(9-15)24(17)21(25)27-11-14-4-2-1-3-5-14/h1-8,10,17-18H,9,11-13H2.